The third-order valence-electron chi connectivity index (χ3n) is 5.82. The fourth-order valence-corrected chi connectivity index (χ4v) is 4.41. The number of carbonyl (C=O) groups is 3. The van der Waals surface area contributed by atoms with E-state index < -0.39 is 17.8 Å². The van der Waals surface area contributed by atoms with Crippen LogP contribution in [0.2, 0.25) is 5.02 Å². The van der Waals surface area contributed by atoms with E-state index in [9.17, 15) is 14.4 Å². The van der Waals surface area contributed by atoms with Crippen LogP contribution in [0.4, 0.5) is 16.2 Å². The Hall–Kier alpha value is -2.90. The van der Waals surface area contributed by atoms with Crippen LogP contribution < -0.4 is 15.1 Å². The van der Waals surface area contributed by atoms with E-state index >= 15 is 0 Å². The third-order valence-corrected chi connectivity index (χ3v) is 6.68. The third kappa shape index (κ3) is 3.76. The lowest BCUT2D eigenvalue weighted by Crippen LogP contribution is -2.54. The predicted octanol–water partition coefficient (Wildman–Crippen LogP) is 5.40. The number of fused-ring (bicyclic) bond motifs is 1. The van der Waals surface area contributed by atoms with Gasteiger partial charge in [0.05, 0.1) is 11.2 Å². The highest BCUT2D eigenvalue weighted by molar-refractivity contribution is 9.10. The number of likely N-dealkylation sites (N-methyl/N-ethyl adjacent to an activating group) is 1. The number of rotatable bonds is 2. The molecule has 4 amide bonds. The summed E-state index contributed by atoms with van der Waals surface area (Å²) in [7, 11) is 2.00. The van der Waals surface area contributed by atoms with Crippen LogP contribution in [-0.2, 0) is 9.59 Å². The first-order valence-corrected chi connectivity index (χ1v) is 11.1. The van der Waals surface area contributed by atoms with Gasteiger partial charge in [0.25, 0.3) is 11.8 Å². The fraction of sp³-hybridized carbons (Fsp3) is 0.208. The second-order valence-corrected chi connectivity index (χ2v) is 9.69. The largest absolute Gasteiger partial charge is 0.365 e. The molecule has 0 radical (unpaired) electrons. The van der Waals surface area contributed by atoms with E-state index in [0.717, 1.165) is 26.2 Å². The molecule has 0 saturated carbocycles. The van der Waals surface area contributed by atoms with Gasteiger partial charge in [0.2, 0.25) is 0 Å². The monoisotopic (exact) mass is 513 g/mol. The van der Waals surface area contributed by atoms with Crippen molar-refractivity contribution in [3.05, 3.63) is 68.7 Å². The maximum absolute atomic E-state index is 13.1. The van der Waals surface area contributed by atoms with Crippen LogP contribution in [-0.4, -0.2) is 30.4 Å². The second-order valence-electron chi connectivity index (χ2n) is 8.37. The van der Waals surface area contributed by atoms with E-state index in [4.69, 9.17) is 11.6 Å². The SMILES string of the molecule is CC1=CC(C)(C)N(C)c2cc(Cl)c(/C=C3/C(=O)NC(=O)N(c4ccc(Br)cc4)C3=O)cc21. The van der Waals surface area contributed by atoms with Crippen LogP contribution in [0.3, 0.4) is 0 Å². The Morgan fingerprint density at radius 2 is 1.75 bits per heavy atom. The molecule has 0 bridgehead atoms. The number of nitrogens with zero attached hydrogens (tertiary/aromatic N) is 2. The van der Waals surface area contributed by atoms with Gasteiger partial charge >= 0.3 is 6.03 Å². The predicted molar refractivity (Wildman–Crippen MR) is 131 cm³/mol. The van der Waals surface area contributed by atoms with Crippen LogP contribution in [0.1, 0.15) is 31.9 Å². The van der Waals surface area contributed by atoms with E-state index in [0.29, 0.717) is 16.3 Å². The number of halogens is 2. The maximum Gasteiger partial charge on any atom is 0.335 e. The molecule has 2 aromatic carbocycles. The Kier molecular flexibility index (Phi) is 5.51. The van der Waals surface area contributed by atoms with Crippen LogP contribution >= 0.6 is 27.5 Å². The Labute approximate surface area is 199 Å². The Morgan fingerprint density at radius 3 is 2.41 bits per heavy atom. The molecule has 6 nitrogen and oxygen atoms in total. The fourth-order valence-electron chi connectivity index (χ4n) is 3.94. The summed E-state index contributed by atoms with van der Waals surface area (Å²) in [4.78, 5) is 41.1. The Bertz CT molecular complexity index is 1230. The summed E-state index contributed by atoms with van der Waals surface area (Å²) in [6.07, 6.45) is 3.60. The zero-order valence-electron chi connectivity index (χ0n) is 18.0. The summed E-state index contributed by atoms with van der Waals surface area (Å²) in [6, 6.07) is 9.57. The molecule has 164 valence electrons. The van der Waals surface area contributed by atoms with Crippen LogP contribution in [0, 0.1) is 0 Å². The maximum atomic E-state index is 13.1. The number of anilines is 2. The summed E-state index contributed by atoms with van der Waals surface area (Å²) < 4.78 is 0.801. The number of amides is 4. The summed E-state index contributed by atoms with van der Waals surface area (Å²) in [5.74, 6) is -1.46. The highest BCUT2D eigenvalue weighted by Crippen LogP contribution is 2.41. The molecule has 0 aliphatic carbocycles. The van der Waals surface area contributed by atoms with Crippen molar-refractivity contribution in [2.75, 3.05) is 16.8 Å². The summed E-state index contributed by atoms with van der Waals surface area (Å²) >= 11 is 9.89. The van der Waals surface area contributed by atoms with E-state index in [1.54, 1.807) is 24.3 Å². The number of hydrogen-bond acceptors (Lipinski definition) is 4. The van der Waals surface area contributed by atoms with Crippen molar-refractivity contribution in [2.24, 2.45) is 0 Å². The van der Waals surface area contributed by atoms with E-state index in [1.807, 2.05) is 26.1 Å². The molecule has 1 saturated heterocycles. The molecule has 4 rings (SSSR count). The highest BCUT2D eigenvalue weighted by Gasteiger charge is 2.37. The zero-order valence-corrected chi connectivity index (χ0v) is 20.3. The number of hydrogen-bond donors (Lipinski definition) is 1. The van der Waals surface area contributed by atoms with Crippen molar-refractivity contribution < 1.29 is 14.4 Å². The Balaban J connectivity index is 1.78. The van der Waals surface area contributed by atoms with Crippen molar-refractivity contribution >= 4 is 68.4 Å². The number of nitrogens with one attached hydrogen (secondary N) is 1. The molecule has 0 aromatic heterocycles. The lowest BCUT2D eigenvalue weighted by atomic mass is 9.88. The standard InChI is InChI=1S/C24H21BrClN3O3/c1-13-12-24(2,3)28(4)20-11-19(26)14(9-17(13)20)10-18-21(30)27-23(32)29(22(18)31)16-7-5-15(25)6-8-16/h5-12H,1-4H3,(H,27,30,32)/b18-10-. The highest BCUT2D eigenvalue weighted by atomic mass is 79.9. The average molecular weight is 515 g/mol. The quantitative estimate of drug-likeness (QED) is 0.430. The van der Waals surface area contributed by atoms with Crippen LogP contribution in [0.5, 0.6) is 0 Å². The summed E-state index contributed by atoms with van der Waals surface area (Å²) in [5, 5.41) is 2.64. The van der Waals surface area contributed by atoms with E-state index in [2.05, 4.69) is 46.1 Å². The molecule has 2 heterocycles. The van der Waals surface area contributed by atoms with Gasteiger partial charge in [0.1, 0.15) is 5.57 Å². The molecular formula is C24H21BrClN3O3. The molecule has 1 fully saturated rings. The smallest absolute Gasteiger partial charge is 0.335 e. The number of benzene rings is 2. The number of barbiturate groups is 1. The minimum Gasteiger partial charge on any atom is -0.365 e. The first-order valence-electron chi connectivity index (χ1n) is 9.94. The number of allylic oxidation sites excluding steroid dienone is 1. The normalized spacial score (nSPS) is 19.1. The van der Waals surface area contributed by atoms with Gasteiger partial charge in [-0.15, -0.1) is 0 Å². The lowest BCUT2D eigenvalue weighted by molar-refractivity contribution is -0.122. The summed E-state index contributed by atoms with van der Waals surface area (Å²) in [5.41, 5.74) is 3.54. The van der Waals surface area contributed by atoms with Crippen molar-refractivity contribution in [1.82, 2.24) is 5.32 Å². The molecule has 1 N–H and O–H groups in total. The van der Waals surface area contributed by atoms with Gasteiger partial charge in [-0.3, -0.25) is 14.9 Å². The van der Waals surface area contributed by atoms with Gasteiger partial charge in [-0.2, -0.15) is 0 Å². The molecule has 8 heteroatoms. The van der Waals surface area contributed by atoms with Crippen molar-refractivity contribution in [3.8, 4) is 0 Å². The molecular weight excluding hydrogens is 494 g/mol. The molecule has 0 atom stereocenters. The van der Waals surface area contributed by atoms with Gasteiger partial charge in [-0.1, -0.05) is 33.6 Å². The topological polar surface area (TPSA) is 69.7 Å². The minimum atomic E-state index is -0.793. The van der Waals surface area contributed by atoms with Crippen molar-refractivity contribution in [3.63, 3.8) is 0 Å². The van der Waals surface area contributed by atoms with Gasteiger partial charge in [-0.05, 0) is 74.4 Å². The second kappa shape index (κ2) is 7.90. The van der Waals surface area contributed by atoms with Gasteiger partial charge < -0.3 is 4.90 Å². The number of urea groups is 1. The van der Waals surface area contributed by atoms with Crippen LogP contribution in [0.25, 0.3) is 11.6 Å². The van der Waals surface area contributed by atoms with Crippen molar-refractivity contribution in [1.29, 1.82) is 0 Å². The van der Waals surface area contributed by atoms with Gasteiger partial charge in [0.15, 0.2) is 0 Å². The average Bonchev–Trinajstić information content (AvgIpc) is 2.71. The van der Waals surface area contributed by atoms with Gasteiger partial charge in [0, 0.05) is 27.8 Å². The Morgan fingerprint density at radius 1 is 1.09 bits per heavy atom. The van der Waals surface area contributed by atoms with Crippen LogP contribution in [0.15, 0.2) is 52.5 Å². The molecule has 2 aliphatic rings. The molecule has 0 spiro atoms. The minimum absolute atomic E-state index is 0.166. The van der Waals surface area contributed by atoms with Crippen molar-refractivity contribution in [2.45, 2.75) is 26.3 Å². The number of carbonyl (C=O) groups excluding carboxylic acids is 3. The zero-order chi connectivity index (χ0) is 23.4. The lowest BCUT2D eigenvalue weighted by Gasteiger charge is -2.40. The summed E-state index contributed by atoms with van der Waals surface area (Å²) in [6.45, 7) is 6.24. The molecule has 2 aromatic rings. The molecule has 2 aliphatic heterocycles. The van der Waals surface area contributed by atoms with E-state index in [-0.39, 0.29) is 11.1 Å². The molecule has 0 unspecified atom stereocenters. The molecule has 32 heavy (non-hydrogen) atoms. The first kappa shape index (κ1) is 22.3. The first-order chi connectivity index (χ1) is 15.0. The number of imide groups is 2. The van der Waals surface area contributed by atoms with Gasteiger partial charge in [-0.25, -0.2) is 9.69 Å². The van der Waals surface area contributed by atoms with E-state index in [1.165, 1.54) is 6.08 Å².